The van der Waals surface area contributed by atoms with Gasteiger partial charge in [-0.15, -0.1) is 0 Å². The fraction of sp³-hybridized carbons (Fsp3) is 0.667. The van der Waals surface area contributed by atoms with Gasteiger partial charge in [-0.1, -0.05) is 11.6 Å². The molecule has 162 valence electrons. The predicted octanol–water partition coefficient (Wildman–Crippen LogP) is 2.62. The van der Waals surface area contributed by atoms with E-state index in [1.807, 2.05) is 19.1 Å². The number of aliphatic imine (C=N–C) groups is 1. The number of nitrogens with zero attached hydrogens (tertiary/aromatic N) is 3. The molecule has 0 aliphatic carbocycles. The number of hydrogen-bond acceptors (Lipinski definition) is 5. The van der Waals surface area contributed by atoms with Crippen molar-refractivity contribution in [2.45, 2.75) is 32.9 Å². The topological polar surface area (TPSA) is 58.6 Å². The van der Waals surface area contributed by atoms with Crippen molar-refractivity contribution >= 4 is 17.6 Å². The average molecular weight is 425 g/mol. The standard InChI is InChI=1S/C21H33ClN4O3/c1-4-23-21(26-7-6-17(15-26)25-8-10-28-11-9-25)24-14-16-12-18(22)20(29-5-2)19(13-16)27-3/h12-13,17H,4-11,14-15H2,1-3H3,(H,23,24). The van der Waals surface area contributed by atoms with Gasteiger partial charge in [0.15, 0.2) is 17.5 Å². The average Bonchev–Trinajstić information content (AvgIpc) is 3.23. The van der Waals surface area contributed by atoms with Crippen molar-refractivity contribution in [2.75, 3.05) is 59.7 Å². The van der Waals surface area contributed by atoms with Crippen LogP contribution in [0, 0.1) is 0 Å². The number of morpholine rings is 1. The van der Waals surface area contributed by atoms with Crippen molar-refractivity contribution in [2.24, 2.45) is 4.99 Å². The van der Waals surface area contributed by atoms with Crippen LogP contribution in [-0.2, 0) is 11.3 Å². The highest BCUT2D eigenvalue weighted by atomic mass is 35.5. The van der Waals surface area contributed by atoms with Gasteiger partial charge in [-0.2, -0.15) is 0 Å². The molecule has 2 fully saturated rings. The Labute approximate surface area is 179 Å². The maximum atomic E-state index is 6.41. The Morgan fingerprint density at radius 3 is 2.76 bits per heavy atom. The van der Waals surface area contributed by atoms with E-state index in [2.05, 4.69) is 22.0 Å². The molecule has 2 heterocycles. The van der Waals surface area contributed by atoms with Gasteiger partial charge in [0.05, 0.1) is 38.5 Å². The quantitative estimate of drug-likeness (QED) is 0.536. The lowest BCUT2D eigenvalue weighted by atomic mass is 10.2. The predicted molar refractivity (Wildman–Crippen MR) is 116 cm³/mol. The fourth-order valence-electron chi connectivity index (χ4n) is 3.92. The lowest BCUT2D eigenvalue weighted by Gasteiger charge is -2.32. The van der Waals surface area contributed by atoms with Crippen LogP contribution < -0.4 is 14.8 Å². The molecule has 29 heavy (non-hydrogen) atoms. The van der Waals surface area contributed by atoms with Crippen molar-refractivity contribution in [3.05, 3.63) is 22.7 Å². The third-order valence-electron chi connectivity index (χ3n) is 5.35. The Bertz CT molecular complexity index is 695. The first-order valence-electron chi connectivity index (χ1n) is 10.5. The minimum absolute atomic E-state index is 0.531. The third kappa shape index (κ3) is 5.68. The van der Waals surface area contributed by atoms with Crippen molar-refractivity contribution in [3.8, 4) is 11.5 Å². The molecule has 1 unspecified atom stereocenters. The molecule has 8 heteroatoms. The van der Waals surface area contributed by atoms with Crippen molar-refractivity contribution in [1.82, 2.24) is 15.1 Å². The third-order valence-corrected chi connectivity index (χ3v) is 5.63. The summed E-state index contributed by atoms with van der Waals surface area (Å²) in [5, 5.41) is 3.99. The molecule has 1 atom stereocenters. The molecule has 0 radical (unpaired) electrons. The van der Waals surface area contributed by atoms with Crippen LogP contribution in [0.25, 0.3) is 0 Å². The summed E-state index contributed by atoms with van der Waals surface area (Å²) in [6, 6.07) is 4.43. The van der Waals surface area contributed by atoms with E-state index in [1.54, 1.807) is 7.11 Å². The molecule has 1 aromatic carbocycles. The Kier molecular flexibility index (Phi) is 8.27. The summed E-state index contributed by atoms with van der Waals surface area (Å²) in [4.78, 5) is 9.77. The monoisotopic (exact) mass is 424 g/mol. The van der Waals surface area contributed by atoms with Gasteiger partial charge in [0.1, 0.15) is 0 Å². The highest BCUT2D eigenvalue weighted by Gasteiger charge is 2.30. The van der Waals surface area contributed by atoms with E-state index in [-0.39, 0.29) is 0 Å². The van der Waals surface area contributed by atoms with Crippen molar-refractivity contribution < 1.29 is 14.2 Å². The van der Waals surface area contributed by atoms with Crippen LogP contribution in [0.4, 0.5) is 0 Å². The highest BCUT2D eigenvalue weighted by molar-refractivity contribution is 6.32. The van der Waals surface area contributed by atoms with E-state index in [1.165, 1.54) is 0 Å². The number of likely N-dealkylation sites (tertiary alicyclic amines) is 1. The van der Waals surface area contributed by atoms with Crippen molar-refractivity contribution in [1.29, 1.82) is 0 Å². The molecule has 1 N–H and O–H groups in total. The van der Waals surface area contributed by atoms with Gasteiger partial charge in [0.2, 0.25) is 0 Å². The smallest absolute Gasteiger partial charge is 0.194 e. The summed E-state index contributed by atoms with van der Waals surface area (Å²) in [6.07, 6.45) is 1.16. The molecule has 3 rings (SSSR count). The molecular formula is C21H33ClN4O3. The second-order valence-electron chi connectivity index (χ2n) is 7.25. The summed E-state index contributed by atoms with van der Waals surface area (Å²) >= 11 is 6.41. The number of hydrogen-bond donors (Lipinski definition) is 1. The molecule has 2 aliphatic heterocycles. The minimum atomic E-state index is 0.531. The molecular weight excluding hydrogens is 392 g/mol. The van der Waals surface area contributed by atoms with E-state index >= 15 is 0 Å². The maximum Gasteiger partial charge on any atom is 0.194 e. The highest BCUT2D eigenvalue weighted by Crippen LogP contribution is 2.36. The number of ether oxygens (including phenoxy) is 3. The van der Waals surface area contributed by atoms with Crippen LogP contribution >= 0.6 is 11.6 Å². The SMILES string of the molecule is CCNC(=NCc1cc(Cl)c(OCC)c(OC)c1)N1CCC(N2CCOCC2)C1. The normalized spacial score (nSPS) is 20.8. The number of benzene rings is 1. The summed E-state index contributed by atoms with van der Waals surface area (Å²) in [5.41, 5.74) is 0.995. The Morgan fingerprint density at radius 1 is 1.28 bits per heavy atom. The summed E-state index contributed by atoms with van der Waals surface area (Å²) in [5.74, 6) is 2.18. The van der Waals surface area contributed by atoms with Crippen LogP contribution in [0.2, 0.25) is 5.02 Å². The first kappa shape index (κ1) is 22.0. The van der Waals surface area contributed by atoms with Crippen LogP contribution in [0.5, 0.6) is 11.5 Å². The lowest BCUT2D eigenvalue weighted by molar-refractivity contribution is 0.0195. The molecule has 0 aromatic heterocycles. The van der Waals surface area contributed by atoms with E-state index in [4.69, 9.17) is 30.8 Å². The van der Waals surface area contributed by atoms with E-state index in [0.29, 0.717) is 35.7 Å². The van der Waals surface area contributed by atoms with Gasteiger partial charge in [-0.25, -0.2) is 4.99 Å². The Balaban J connectivity index is 1.68. The molecule has 0 amide bonds. The molecule has 1 aromatic rings. The fourth-order valence-corrected chi connectivity index (χ4v) is 4.20. The summed E-state index contributed by atoms with van der Waals surface area (Å²) in [6.45, 7) is 11.7. The first-order chi connectivity index (χ1) is 14.2. The second kappa shape index (κ2) is 10.9. The van der Waals surface area contributed by atoms with Gasteiger partial charge >= 0.3 is 0 Å². The van der Waals surface area contributed by atoms with Gasteiger partial charge < -0.3 is 24.4 Å². The van der Waals surface area contributed by atoms with Crippen LogP contribution in [0.1, 0.15) is 25.8 Å². The van der Waals surface area contributed by atoms with E-state index < -0.39 is 0 Å². The van der Waals surface area contributed by atoms with E-state index in [9.17, 15) is 0 Å². The van der Waals surface area contributed by atoms with Gasteiger partial charge in [0.25, 0.3) is 0 Å². The molecule has 2 saturated heterocycles. The molecule has 7 nitrogen and oxygen atoms in total. The van der Waals surface area contributed by atoms with Gasteiger partial charge in [-0.3, -0.25) is 4.90 Å². The number of halogens is 1. The molecule has 0 saturated carbocycles. The summed E-state index contributed by atoms with van der Waals surface area (Å²) < 4.78 is 16.5. The van der Waals surface area contributed by atoms with Gasteiger partial charge in [-0.05, 0) is 38.0 Å². The lowest BCUT2D eigenvalue weighted by Crippen LogP contribution is -2.46. The van der Waals surface area contributed by atoms with Crippen LogP contribution in [-0.4, -0.2) is 81.5 Å². The number of nitrogens with one attached hydrogen (secondary N) is 1. The second-order valence-corrected chi connectivity index (χ2v) is 7.66. The minimum Gasteiger partial charge on any atom is -0.493 e. The van der Waals surface area contributed by atoms with Crippen LogP contribution in [0.15, 0.2) is 17.1 Å². The maximum absolute atomic E-state index is 6.41. The zero-order valence-corrected chi connectivity index (χ0v) is 18.5. The number of guanidine groups is 1. The zero-order valence-electron chi connectivity index (χ0n) is 17.7. The molecule has 0 bridgehead atoms. The number of methoxy groups -OCH3 is 1. The van der Waals surface area contributed by atoms with Gasteiger partial charge in [0, 0.05) is 38.8 Å². The van der Waals surface area contributed by atoms with Crippen LogP contribution in [0.3, 0.4) is 0 Å². The zero-order chi connectivity index (χ0) is 20.6. The van der Waals surface area contributed by atoms with E-state index in [0.717, 1.165) is 63.9 Å². The largest absolute Gasteiger partial charge is 0.493 e. The van der Waals surface area contributed by atoms with Crippen molar-refractivity contribution in [3.63, 3.8) is 0 Å². The Morgan fingerprint density at radius 2 is 2.07 bits per heavy atom. The molecule has 0 spiro atoms. The summed E-state index contributed by atoms with van der Waals surface area (Å²) in [7, 11) is 1.63. The Hall–Kier alpha value is -1.70. The number of rotatable bonds is 7. The molecule has 2 aliphatic rings. The first-order valence-corrected chi connectivity index (χ1v) is 10.9.